The molecule has 0 aliphatic carbocycles. The van der Waals surface area contributed by atoms with Crippen molar-refractivity contribution in [3.63, 3.8) is 0 Å². The van der Waals surface area contributed by atoms with Gasteiger partial charge in [-0.15, -0.1) is 0 Å². The lowest BCUT2D eigenvalue weighted by molar-refractivity contribution is -0.231. The van der Waals surface area contributed by atoms with E-state index in [1.165, 1.54) is 16.8 Å². The van der Waals surface area contributed by atoms with Crippen LogP contribution < -0.4 is 9.64 Å². The van der Waals surface area contributed by atoms with Gasteiger partial charge in [-0.1, -0.05) is 54.1 Å². The fourth-order valence-electron chi connectivity index (χ4n) is 5.59. The summed E-state index contributed by atoms with van der Waals surface area (Å²) in [6, 6.07) is 22.2. The smallest absolute Gasteiger partial charge is 0.118 e. The van der Waals surface area contributed by atoms with Crippen molar-refractivity contribution >= 4 is 17.3 Å². The van der Waals surface area contributed by atoms with Gasteiger partial charge in [0.25, 0.3) is 0 Å². The molecule has 0 radical (unpaired) electrons. The van der Waals surface area contributed by atoms with Crippen LogP contribution in [0, 0.1) is 0 Å². The van der Waals surface area contributed by atoms with Gasteiger partial charge in [-0.25, -0.2) is 0 Å². The Bertz CT molecular complexity index is 1240. The van der Waals surface area contributed by atoms with E-state index in [-0.39, 0.29) is 6.04 Å². The minimum atomic E-state index is -1.43. The summed E-state index contributed by atoms with van der Waals surface area (Å²) < 4.78 is 11.1. The molecule has 38 heavy (non-hydrogen) atoms. The molecule has 0 amide bonds. The van der Waals surface area contributed by atoms with Gasteiger partial charge in [0.15, 0.2) is 0 Å². The van der Waals surface area contributed by atoms with Crippen LogP contribution in [0.1, 0.15) is 34.8 Å². The molecule has 0 bridgehead atoms. The molecule has 2 heterocycles. The fourth-order valence-corrected chi connectivity index (χ4v) is 5.78. The van der Waals surface area contributed by atoms with Crippen molar-refractivity contribution in [3.8, 4) is 5.75 Å². The minimum absolute atomic E-state index is 0.176. The summed E-state index contributed by atoms with van der Waals surface area (Å²) >= 11 is 6.67. The third kappa shape index (κ3) is 5.41. The number of aliphatic hydroxyl groups is 4. The first-order valence-corrected chi connectivity index (χ1v) is 13.3. The van der Waals surface area contributed by atoms with Crippen LogP contribution in [0.2, 0.25) is 5.02 Å². The molecule has 0 spiro atoms. The molecule has 2 aliphatic heterocycles. The third-order valence-corrected chi connectivity index (χ3v) is 8.12. The second kappa shape index (κ2) is 11.6. The maximum absolute atomic E-state index is 10.6. The van der Waals surface area contributed by atoms with E-state index in [1.54, 1.807) is 19.2 Å². The largest absolute Gasteiger partial charge is 0.497 e. The summed E-state index contributed by atoms with van der Waals surface area (Å²) in [6.45, 7) is 0.263. The number of hydrogen-bond donors (Lipinski definition) is 4. The molecule has 6 atom stereocenters. The number of benzene rings is 3. The number of halogens is 1. The molecule has 8 heteroatoms. The highest BCUT2D eigenvalue weighted by Crippen LogP contribution is 2.37. The number of anilines is 1. The zero-order valence-corrected chi connectivity index (χ0v) is 22.0. The van der Waals surface area contributed by atoms with Crippen LogP contribution in [-0.2, 0) is 24.1 Å². The van der Waals surface area contributed by atoms with Gasteiger partial charge in [0.1, 0.15) is 36.3 Å². The lowest BCUT2D eigenvalue weighted by Gasteiger charge is -2.41. The Balaban J connectivity index is 1.43. The zero-order valence-electron chi connectivity index (χ0n) is 21.3. The number of para-hydroxylation sites is 1. The van der Waals surface area contributed by atoms with Crippen LogP contribution in [0.5, 0.6) is 5.75 Å². The Morgan fingerprint density at radius 2 is 1.74 bits per heavy atom. The first-order valence-electron chi connectivity index (χ1n) is 13.0. The summed E-state index contributed by atoms with van der Waals surface area (Å²) in [5, 5.41) is 41.3. The normalized spacial score (nSPS) is 27.2. The molecule has 4 N–H and O–H groups in total. The summed E-state index contributed by atoms with van der Waals surface area (Å²) in [6.07, 6.45) is -3.44. The van der Waals surface area contributed by atoms with Crippen LogP contribution in [0.4, 0.5) is 5.69 Å². The highest BCUT2D eigenvalue weighted by atomic mass is 35.5. The van der Waals surface area contributed by atoms with E-state index >= 15 is 0 Å². The van der Waals surface area contributed by atoms with Gasteiger partial charge in [-0.05, 0) is 65.8 Å². The van der Waals surface area contributed by atoms with Crippen molar-refractivity contribution in [3.05, 3.63) is 94.0 Å². The third-order valence-electron chi connectivity index (χ3n) is 7.75. The molecule has 2 aliphatic rings. The van der Waals surface area contributed by atoms with Crippen molar-refractivity contribution < 1.29 is 29.9 Å². The first kappa shape index (κ1) is 26.9. The van der Waals surface area contributed by atoms with Crippen LogP contribution in [0.25, 0.3) is 0 Å². The lowest BCUT2D eigenvalue weighted by Crippen LogP contribution is -2.55. The molecule has 0 saturated carbocycles. The lowest BCUT2D eigenvalue weighted by atomic mass is 9.88. The number of rotatable bonds is 7. The van der Waals surface area contributed by atoms with Gasteiger partial charge in [0.05, 0.1) is 13.7 Å². The SMILES string of the molecule is COc1ccc(CN2c3ccccc3CCC2Cc2cc([C@@H]3O[C@H](CO)[C@@H](O)[C@H](O)[C@H]3O)ccc2Cl)cc1. The number of methoxy groups -OCH3 is 1. The van der Waals surface area contributed by atoms with Crippen molar-refractivity contribution in [2.24, 2.45) is 0 Å². The van der Waals surface area contributed by atoms with E-state index in [1.807, 2.05) is 18.2 Å². The number of nitrogens with zero attached hydrogens (tertiary/aromatic N) is 1. The van der Waals surface area contributed by atoms with Crippen LogP contribution in [-0.4, -0.2) is 64.6 Å². The molecule has 7 nitrogen and oxygen atoms in total. The molecular formula is C30H34ClNO6. The molecule has 1 unspecified atom stereocenters. The van der Waals surface area contributed by atoms with Crippen LogP contribution >= 0.6 is 11.6 Å². The molecule has 1 fully saturated rings. The first-order chi connectivity index (χ1) is 18.4. The van der Waals surface area contributed by atoms with Gasteiger partial charge in [-0.3, -0.25) is 0 Å². The Hall–Kier alpha value is -2.65. The Morgan fingerprint density at radius 3 is 2.47 bits per heavy atom. The van der Waals surface area contributed by atoms with Crippen molar-refractivity contribution in [1.29, 1.82) is 0 Å². The zero-order chi connectivity index (χ0) is 26.8. The molecule has 202 valence electrons. The predicted octanol–water partition coefficient (Wildman–Crippen LogP) is 3.43. The second-order valence-electron chi connectivity index (χ2n) is 10.1. The van der Waals surface area contributed by atoms with Gasteiger partial charge in [-0.2, -0.15) is 0 Å². The number of fused-ring (bicyclic) bond motifs is 1. The summed E-state index contributed by atoms with van der Waals surface area (Å²) in [4.78, 5) is 2.43. The average molecular weight is 540 g/mol. The minimum Gasteiger partial charge on any atom is -0.497 e. The summed E-state index contributed by atoms with van der Waals surface area (Å²) in [7, 11) is 1.66. The van der Waals surface area contributed by atoms with Crippen LogP contribution in [0.3, 0.4) is 0 Å². The van der Waals surface area contributed by atoms with E-state index in [2.05, 4.69) is 41.3 Å². The maximum atomic E-state index is 10.6. The Kier molecular flexibility index (Phi) is 8.23. The molecule has 1 saturated heterocycles. The second-order valence-corrected chi connectivity index (χ2v) is 10.5. The maximum Gasteiger partial charge on any atom is 0.118 e. The molecule has 3 aromatic carbocycles. The highest BCUT2D eigenvalue weighted by molar-refractivity contribution is 6.31. The highest BCUT2D eigenvalue weighted by Gasteiger charge is 2.44. The van der Waals surface area contributed by atoms with Gasteiger partial charge >= 0.3 is 0 Å². The number of aryl methyl sites for hydroxylation is 1. The number of hydrogen-bond acceptors (Lipinski definition) is 7. The molecule has 0 aromatic heterocycles. The summed E-state index contributed by atoms with van der Waals surface area (Å²) in [5.41, 5.74) is 5.25. The van der Waals surface area contributed by atoms with Crippen molar-refractivity contribution in [2.75, 3.05) is 18.6 Å². The Labute approximate surface area is 227 Å². The van der Waals surface area contributed by atoms with E-state index in [4.69, 9.17) is 21.1 Å². The quantitative estimate of drug-likeness (QED) is 0.365. The van der Waals surface area contributed by atoms with E-state index in [0.29, 0.717) is 17.0 Å². The molecule has 5 rings (SSSR count). The average Bonchev–Trinajstić information content (AvgIpc) is 2.95. The van der Waals surface area contributed by atoms with E-state index in [0.717, 1.165) is 30.7 Å². The number of ether oxygens (including phenoxy) is 2. The van der Waals surface area contributed by atoms with E-state index < -0.39 is 37.1 Å². The Morgan fingerprint density at radius 1 is 0.974 bits per heavy atom. The van der Waals surface area contributed by atoms with Crippen LogP contribution in [0.15, 0.2) is 66.7 Å². The topological polar surface area (TPSA) is 103 Å². The summed E-state index contributed by atoms with van der Waals surface area (Å²) in [5.74, 6) is 0.820. The van der Waals surface area contributed by atoms with Gasteiger partial charge in [0.2, 0.25) is 0 Å². The molecule has 3 aromatic rings. The van der Waals surface area contributed by atoms with Gasteiger partial charge < -0.3 is 34.8 Å². The van der Waals surface area contributed by atoms with Crippen molar-refractivity contribution in [2.45, 2.75) is 62.4 Å². The van der Waals surface area contributed by atoms with E-state index in [9.17, 15) is 20.4 Å². The standard InChI is InChI=1S/C30H34ClNO6/c1-37-23-11-6-18(7-12-23)16-32-22(10-8-19-4-2-3-5-25(19)32)15-21-14-20(9-13-24(21)31)30-29(36)28(35)27(34)26(17-33)38-30/h2-7,9,11-14,22,26-30,33-36H,8,10,15-17H2,1H3/t22?,26-,27-,28+,29-,30+/m1/s1. The van der Waals surface area contributed by atoms with Gasteiger partial charge in [0, 0.05) is 23.3 Å². The number of aliphatic hydroxyl groups excluding tert-OH is 4. The predicted molar refractivity (Wildman–Crippen MR) is 146 cm³/mol. The fraction of sp³-hybridized carbons (Fsp3) is 0.400. The molecular weight excluding hydrogens is 506 g/mol. The monoisotopic (exact) mass is 539 g/mol. The van der Waals surface area contributed by atoms with Crippen molar-refractivity contribution in [1.82, 2.24) is 0 Å².